The lowest BCUT2D eigenvalue weighted by molar-refractivity contribution is -0.192. The van der Waals surface area contributed by atoms with Crippen molar-refractivity contribution in [3.8, 4) is 17.2 Å². The number of carbonyl (C=O) groups excluding carboxylic acids is 3. The van der Waals surface area contributed by atoms with Crippen LogP contribution in [0.4, 0.5) is 0 Å². The van der Waals surface area contributed by atoms with Gasteiger partial charge in [-0.1, -0.05) is 23.9 Å². The minimum Gasteiger partial charge on any atom is -0.504 e. The van der Waals surface area contributed by atoms with Crippen molar-refractivity contribution >= 4 is 64.2 Å². The first kappa shape index (κ1) is 41.5. The summed E-state index contributed by atoms with van der Waals surface area (Å²) < 4.78 is 18.0. The zero-order valence-electron chi connectivity index (χ0n) is 31.1. The number of thioether (sulfide) groups is 2. The van der Waals surface area contributed by atoms with Crippen LogP contribution in [0.5, 0.6) is 17.2 Å². The lowest BCUT2D eigenvalue weighted by Gasteiger charge is -2.56. The average molecular weight is 841 g/mol. The van der Waals surface area contributed by atoms with Gasteiger partial charge in [0, 0.05) is 31.2 Å². The van der Waals surface area contributed by atoms with E-state index in [1.807, 2.05) is 19.0 Å². The van der Waals surface area contributed by atoms with E-state index in [1.165, 1.54) is 43.0 Å². The van der Waals surface area contributed by atoms with E-state index in [1.54, 1.807) is 4.68 Å². The molecule has 23 heteroatoms. The number of β-lactam (4-membered cyclic amide) rings is 1. The number of methoxy groups -OCH3 is 1. The van der Waals surface area contributed by atoms with Gasteiger partial charge >= 0.3 is 11.9 Å². The number of carbonyl (C=O) groups is 5. The Morgan fingerprint density at radius 3 is 2.48 bits per heavy atom. The molecule has 0 saturated carbocycles. The van der Waals surface area contributed by atoms with Gasteiger partial charge in [0.25, 0.3) is 17.5 Å². The Hall–Kier alpha value is -6.17. The third-order valence-corrected chi connectivity index (χ3v) is 11.5. The number of likely N-dealkylation sites (N-methyl/N-ethyl adjacent to an activating group) is 1. The number of aliphatic carboxylic acids is 2. The summed E-state index contributed by atoms with van der Waals surface area (Å²) in [4.78, 5) is 82.3. The third-order valence-electron chi connectivity index (χ3n) is 9.08. The number of aromatic nitrogens is 4. The highest BCUT2D eigenvalue weighted by Gasteiger charge is 2.67. The fraction of sp³-hybridized carbons (Fsp3) is 0.343. The van der Waals surface area contributed by atoms with Gasteiger partial charge in [-0.15, -0.1) is 16.9 Å². The number of fused-ring (bicyclic) bond motifs is 2. The van der Waals surface area contributed by atoms with Crippen LogP contribution in [-0.2, 0) is 30.5 Å². The largest absolute Gasteiger partial charge is 0.504 e. The van der Waals surface area contributed by atoms with Crippen LogP contribution in [0.2, 0.25) is 0 Å². The van der Waals surface area contributed by atoms with Crippen molar-refractivity contribution in [3.63, 3.8) is 0 Å². The van der Waals surface area contributed by atoms with E-state index in [0.29, 0.717) is 23.8 Å². The van der Waals surface area contributed by atoms with Crippen LogP contribution in [-0.4, -0.2) is 137 Å². The standard InChI is InChI=1S/C35H36N8O13S2/c1-16-25(28(48)20-11-21(44)22(45)12-23(20)56-16)29(49)36-26(17-5-7-19(8-6-17)55-13-24(46)47)30(50)37-35(54-4)32(53)43-27(31(51)52)18(14-57-33(35)43)15-58-34-38-39-40-42(34)10-9-41(2)3/h5-8,11-12,26,33,44-45H,9-10,13-15H2,1-4H3,(H,36,49)(H,37,50)(H,46,47)(H,51,52)/t26?,33-,35-/m0/s1. The van der Waals surface area contributed by atoms with Crippen LogP contribution < -0.4 is 20.8 Å². The summed E-state index contributed by atoms with van der Waals surface area (Å²) in [7, 11) is 4.94. The highest BCUT2D eigenvalue weighted by atomic mass is 32.2. The van der Waals surface area contributed by atoms with Gasteiger partial charge in [-0.3, -0.25) is 24.1 Å². The van der Waals surface area contributed by atoms with Crippen LogP contribution in [0.1, 0.15) is 27.7 Å². The molecule has 0 aliphatic carbocycles. The molecule has 2 aliphatic rings. The van der Waals surface area contributed by atoms with Crippen molar-refractivity contribution in [2.45, 2.75) is 35.8 Å². The SMILES string of the molecule is CO[C@@]1(NC(=O)C(NC(=O)c2c(C)oc3cc(O)c(O)cc3c2=O)c2ccc(OCC(=O)O)cc2)C(=O)N2C(C(=O)O)=C(CSc3nnnn3CCN(C)C)CS[C@H]21. The highest BCUT2D eigenvalue weighted by Crippen LogP contribution is 2.47. The number of nitrogens with zero attached hydrogens (tertiary/aromatic N) is 6. The van der Waals surface area contributed by atoms with Crippen LogP contribution in [0.25, 0.3) is 11.0 Å². The molecule has 1 saturated heterocycles. The first-order valence-corrected chi connectivity index (χ1v) is 19.2. The number of hydrogen-bond donors (Lipinski definition) is 6. The molecule has 6 rings (SSSR count). The van der Waals surface area contributed by atoms with Crippen LogP contribution in [0, 0.1) is 6.92 Å². The zero-order chi connectivity index (χ0) is 42.1. The van der Waals surface area contributed by atoms with Gasteiger partial charge in [0.05, 0.1) is 11.9 Å². The van der Waals surface area contributed by atoms with Crippen molar-refractivity contribution in [3.05, 3.63) is 74.8 Å². The number of amides is 3. The van der Waals surface area contributed by atoms with Gasteiger partial charge in [0.1, 0.15) is 39.8 Å². The summed E-state index contributed by atoms with van der Waals surface area (Å²) in [5.74, 6) is -6.71. The maximum atomic E-state index is 14.3. The van der Waals surface area contributed by atoms with Gasteiger partial charge in [0.2, 0.25) is 16.5 Å². The van der Waals surface area contributed by atoms with Crippen molar-refractivity contribution < 1.29 is 58.3 Å². The molecule has 1 fully saturated rings. The third kappa shape index (κ3) is 8.00. The molecule has 4 heterocycles. The second-order valence-corrected chi connectivity index (χ2v) is 15.2. The Bertz CT molecular complexity index is 2400. The quantitative estimate of drug-likeness (QED) is 0.0388. The number of carboxylic acids is 2. The number of benzene rings is 2. The van der Waals surface area contributed by atoms with Gasteiger partial charge in [-0.05, 0) is 60.8 Å². The number of nitrogens with one attached hydrogen (secondary N) is 2. The monoisotopic (exact) mass is 840 g/mol. The molecular weight excluding hydrogens is 805 g/mol. The maximum absolute atomic E-state index is 14.3. The van der Waals surface area contributed by atoms with E-state index in [4.69, 9.17) is 19.0 Å². The molecule has 6 N–H and O–H groups in total. The van der Waals surface area contributed by atoms with E-state index in [2.05, 4.69) is 26.2 Å². The molecule has 306 valence electrons. The second kappa shape index (κ2) is 16.7. The molecule has 3 atom stereocenters. The number of aryl methyl sites for hydroxylation is 1. The Kier molecular flexibility index (Phi) is 12.0. The fourth-order valence-electron chi connectivity index (χ4n) is 6.19. The Morgan fingerprint density at radius 1 is 1.12 bits per heavy atom. The van der Waals surface area contributed by atoms with Gasteiger partial charge < -0.3 is 49.9 Å². The number of rotatable bonds is 16. The molecule has 3 amide bonds. The number of phenols is 2. The first-order valence-electron chi connectivity index (χ1n) is 17.1. The normalized spacial score (nSPS) is 18.1. The summed E-state index contributed by atoms with van der Waals surface area (Å²) in [6.45, 7) is 1.78. The topological polar surface area (TPSA) is 289 Å². The number of tetrazole rings is 1. The van der Waals surface area contributed by atoms with Crippen molar-refractivity contribution in [2.75, 3.05) is 45.9 Å². The molecule has 2 aromatic heterocycles. The van der Waals surface area contributed by atoms with E-state index >= 15 is 0 Å². The lowest BCUT2D eigenvalue weighted by Crippen LogP contribution is -2.81. The molecule has 58 heavy (non-hydrogen) atoms. The number of hydrogen-bond acceptors (Lipinski definition) is 17. The Labute approximate surface area is 335 Å². The molecular formula is C35H36N8O13S2. The molecule has 0 spiro atoms. The highest BCUT2D eigenvalue weighted by molar-refractivity contribution is 8.01. The summed E-state index contributed by atoms with van der Waals surface area (Å²) >= 11 is 2.33. The molecule has 0 bridgehead atoms. The van der Waals surface area contributed by atoms with Crippen molar-refractivity contribution in [1.82, 2.24) is 40.6 Å². The number of ether oxygens (including phenoxy) is 2. The molecule has 2 aromatic carbocycles. The maximum Gasteiger partial charge on any atom is 0.352 e. The number of aromatic hydroxyl groups is 2. The predicted octanol–water partition coefficient (Wildman–Crippen LogP) is 0.500. The minimum absolute atomic E-state index is 0.0865. The van der Waals surface area contributed by atoms with Gasteiger partial charge in [0.15, 0.2) is 18.1 Å². The van der Waals surface area contributed by atoms with E-state index < -0.39 is 75.9 Å². The van der Waals surface area contributed by atoms with E-state index in [9.17, 15) is 44.1 Å². The summed E-state index contributed by atoms with van der Waals surface area (Å²) in [5.41, 5.74) is -3.49. The van der Waals surface area contributed by atoms with Gasteiger partial charge in [-0.25, -0.2) is 14.3 Å². The van der Waals surface area contributed by atoms with Crippen LogP contribution in [0.3, 0.4) is 0 Å². The summed E-state index contributed by atoms with van der Waals surface area (Å²) in [6, 6.07) is 5.61. The van der Waals surface area contributed by atoms with Crippen molar-refractivity contribution in [2.24, 2.45) is 0 Å². The summed E-state index contributed by atoms with van der Waals surface area (Å²) in [5, 5.41) is 55.1. The molecule has 4 aromatic rings. The average Bonchev–Trinajstić information content (AvgIpc) is 3.64. The smallest absolute Gasteiger partial charge is 0.352 e. The Balaban J connectivity index is 1.28. The van der Waals surface area contributed by atoms with Gasteiger partial charge in [-0.2, -0.15) is 0 Å². The molecule has 0 radical (unpaired) electrons. The van der Waals surface area contributed by atoms with Crippen LogP contribution in [0.15, 0.2) is 62.0 Å². The van der Waals surface area contributed by atoms with E-state index in [0.717, 1.165) is 35.9 Å². The lowest BCUT2D eigenvalue weighted by atomic mass is 9.96. The molecule has 21 nitrogen and oxygen atoms in total. The molecule has 1 unspecified atom stereocenters. The van der Waals surface area contributed by atoms with Crippen LogP contribution >= 0.6 is 23.5 Å². The Morgan fingerprint density at radius 2 is 1.83 bits per heavy atom. The first-order chi connectivity index (χ1) is 27.6. The zero-order valence-corrected chi connectivity index (χ0v) is 32.8. The number of phenolic OH excluding ortho intramolecular Hbond substituents is 2. The predicted molar refractivity (Wildman–Crippen MR) is 203 cm³/mol. The van der Waals surface area contributed by atoms with Crippen molar-refractivity contribution in [1.29, 1.82) is 0 Å². The number of carboxylic acid groups (broad SMARTS) is 2. The second-order valence-electron chi connectivity index (χ2n) is 13.2. The fourth-order valence-corrected chi connectivity index (χ4v) is 8.68. The minimum atomic E-state index is -2.11. The molecule has 2 aliphatic heterocycles. The summed E-state index contributed by atoms with van der Waals surface area (Å²) in [6.07, 6.45) is 0. The van der Waals surface area contributed by atoms with E-state index in [-0.39, 0.29) is 45.2 Å².